The third-order valence-electron chi connectivity index (χ3n) is 4.56. The molecule has 0 aliphatic heterocycles. The van der Waals surface area contributed by atoms with Crippen molar-refractivity contribution in [3.8, 4) is 0 Å². The molecule has 1 nitrogen and oxygen atoms in total. The standard InChI is InChI=1S/C22H38N/c1-4-5-6-7-8-9-10-11-12-16-20-23(2,3)21-19-22-17-14-13-15-18-22/h13-15,17-19,21H,4-12,16,20H2,1-3H3/q+1. The first-order chi connectivity index (χ1) is 11.1. The lowest BCUT2D eigenvalue weighted by atomic mass is 10.1. The van der Waals surface area contributed by atoms with Gasteiger partial charge in [0.15, 0.2) is 0 Å². The number of quaternary nitrogens is 1. The molecule has 0 radical (unpaired) electrons. The second-order valence-corrected chi connectivity index (χ2v) is 7.41. The number of hydrogen-bond acceptors (Lipinski definition) is 0. The van der Waals surface area contributed by atoms with Crippen LogP contribution in [0.4, 0.5) is 0 Å². The highest BCUT2D eigenvalue weighted by Gasteiger charge is 2.09. The zero-order valence-corrected chi connectivity index (χ0v) is 15.8. The molecule has 0 atom stereocenters. The normalized spacial score (nSPS) is 12.1. The van der Waals surface area contributed by atoms with Gasteiger partial charge in [-0.15, -0.1) is 0 Å². The lowest BCUT2D eigenvalue weighted by molar-refractivity contribution is -0.838. The van der Waals surface area contributed by atoms with Gasteiger partial charge in [-0.3, -0.25) is 0 Å². The van der Waals surface area contributed by atoms with Crippen molar-refractivity contribution in [3.63, 3.8) is 0 Å². The van der Waals surface area contributed by atoms with Gasteiger partial charge in [-0.1, -0.05) is 88.6 Å². The Bertz CT molecular complexity index is 405. The van der Waals surface area contributed by atoms with Crippen LogP contribution in [0, 0.1) is 0 Å². The van der Waals surface area contributed by atoms with Crippen LogP contribution in [0.1, 0.15) is 76.7 Å². The fourth-order valence-electron chi connectivity index (χ4n) is 2.93. The van der Waals surface area contributed by atoms with Crippen molar-refractivity contribution in [1.82, 2.24) is 0 Å². The van der Waals surface area contributed by atoms with Crippen molar-refractivity contribution in [1.29, 1.82) is 0 Å². The Kier molecular flexibility index (Phi) is 10.7. The highest BCUT2D eigenvalue weighted by molar-refractivity contribution is 5.47. The molecule has 0 aliphatic carbocycles. The third kappa shape index (κ3) is 11.1. The van der Waals surface area contributed by atoms with E-state index >= 15 is 0 Å². The Labute approximate surface area is 145 Å². The van der Waals surface area contributed by atoms with E-state index in [2.05, 4.69) is 63.6 Å². The maximum Gasteiger partial charge on any atom is 0.0960 e. The van der Waals surface area contributed by atoms with Crippen LogP contribution in [0.25, 0.3) is 6.08 Å². The predicted octanol–water partition coefficient (Wildman–Crippen LogP) is 6.65. The van der Waals surface area contributed by atoms with Gasteiger partial charge in [0.25, 0.3) is 0 Å². The van der Waals surface area contributed by atoms with Crippen molar-refractivity contribution in [2.75, 3.05) is 20.6 Å². The molecule has 1 aromatic carbocycles. The van der Waals surface area contributed by atoms with E-state index in [1.807, 2.05) is 0 Å². The number of benzene rings is 1. The number of nitrogens with zero attached hydrogens (tertiary/aromatic N) is 1. The van der Waals surface area contributed by atoms with Gasteiger partial charge in [-0.2, -0.15) is 0 Å². The molecule has 0 amide bonds. The molecular formula is C22H38N+. The predicted molar refractivity (Wildman–Crippen MR) is 104 cm³/mol. The summed E-state index contributed by atoms with van der Waals surface area (Å²) in [6, 6.07) is 10.6. The molecule has 0 spiro atoms. The van der Waals surface area contributed by atoms with Crippen molar-refractivity contribution >= 4 is 6.08 Å². The molecule has 0 saturated carbocycles. The molecule has 0 bridgehead atoms. The Morgan fingerprint density at radius 3 is 1.83 bits per heavy atom. The fraction of sp³-hybridized carbons (Fsp3) is 0.636. The average Bonchev–Trinajstić information content (AvgIpc) is 2.56. The first-order valence-electron chi connectivity index (χ1n) is 9.71. The second kappa shape index (κ2) is 12.4. The van der Waals surface area contributed by atoms with Crippen LogP contribution in [0.3, 0.4) is 0 Å². The Balaban J connectivity index is 2.04. The topological polar surface area (TPSA) is 0 Å². The van der Waals surface area contributed by atoms with Gasteiger partial charge in [0.2, 0.25) is 0 Å². The minimum absolute atomic E-state index is 0.978. The van der Waals surface area contributed by atoms with Gasteiger partial charge < -0.3 is 4.48 Å². The van der Waals surface area contributed by atoms with Crippen molar-refractivity contribution in [2.24, 2.45) is 0 Å². The maximum absolute atomic E-state index is 2.32. The average molecular weight is 317 g/mol. The van der Waals surface area contributed by atoms with E-state index in [0.29, 0.717) is 0 Å². The molecule has 0 unspecified atom stereocenters. The molecule has 0 aliphatic rings. The summed E-state index contributed by atoms with van der Waals surface area (Å²) in [5.74, 6) is 0. The van der Waals surface area contributed by atoms with Crippen molar-refractivity contribution in [3.05, 3.63) is 42.1 Å². The van der Waals surface area contributed by atoms with E-state index in [4.69, 9.17) is 0 Å². The summed E-state index contributed by atoms with van der Waals surface area (Å²) >= 11 is 0. The molecule has 0 aromatic heterocycles. The van der Waals surface area contributed by atoms with Gasteiger partial charge in [-0.25, -0.2) is 0 Å². The quantitative estimate of drug-likeness (QED) is 0.282. The lowest BCUT2D eigenvalue weighted by Gasteiger charge is -2.24. The van der Waals surface area contributed by atoms with Crippen LogP contribution >= 0.6 is 0 Å². The fourth-order valence-corrected chi connectivity index (χ4v) is 2.93. The molecule has 0 saturated heterocycles. The van der Waals surface area contributed by atoms with Crippen LogP contribution in [-0.4, -0.2) is 25.1 Å². The summed E-state index contributed by atoms with van der Waals surface area (Å²) in [5.41, 5.74) is 1.29. The summed E-state index contributed by atoms with van der Waals surface area (Å²) in [7, 11) is 4.60. The van der Waals surface area contributed by atoms with E-state index < -0.39 is 0 Å². The number of rotatable bonds is 13. The first-order valence-corrected chi connectivity index (χ1v) is 9.71. The van der Waals surface area contributed by atoms with Gasteiger partial charge in [-0.05, 0) is 24.5 Å². The van der Waals surface area contributed by atoms with Crippen LogP contribution < -0.4 is 0 Å². The van der Waals surface area contributed by atoms with Crippen molar-refractivity contribution in [2.45, 2.75) is 71.1 Å². The lowest BCUT2D eigenvalue weighted by Crippen LogP contribution is -2.34. The van der Waals surface area contributed by atoms with Gasteiger partial charge >= 0.3 is 0 Å². The number of hydrogen-bond donors (Lipinski definition) is 0. The molecule has 23 heavy (non-hydrogen) atoms. The molecule has 0 heterocycles. The Morgan fingerprint density at radius 2 is 1.26 bits per heavy atom. The third-order valence-corrected chi connectivity index (χ3v) is 4.56. The zero-order chi connectivity index (χ0) is 16.8. The van der Waals surface area contributed by atoms with Crippen LogP contribution in [0.15, 0.2) is 36.5 Å². The minimum atomic E-state index is 0.978. The van der Waals surface area contributed by atoms with E-state index in [-0.39, 0.29) is 0 Å². The Morgan fingerprint density at radius 1 is 0.739 bits per heavy atom. The first kappa shape index (κ1) is 20.0. The summed E-state index contributed by atoms with van der Waals surface area (Å²) in [4.78, 5) is 0. The summed E-state index contributed by atoms with van der Waals surface area (Å²) in [5, 5.41) is 0. The molecule has 130 valence electrons. The SMILES string of the molecule is CCCCCCCCCCCC[N+](C)(C)C=Cc1ccccc1. The summed E-state index contributed by atoms with van der Waals surface area (Å²) < 4.78 is 0.978. The molecule has 1 heteroatoms. The van der Waals surface area contributed by atoms with Gasteiger partial charge in [0.1, 0.15) is 0 Å². The zero-order valence-electron chi connectivity index (χ0n) is 15.8. The highest BCUT2D eigenvalue weighted by atomic mass is 15.3. The van der Waals surface area contributed by atoms with Crippen LogP contribution in [-0.2, 0) is 0 Å². The molecular weight excluding hydrogens is 278 g/mol. The molecule has 1 aromatic rings. The van der Waals surface area contributed by atoms with Crippen molar-refractivity contribution < 1.29 is 4.48 Å². The molecule has 0 fully saturated rings. The van der Waals surface area contributed by atoms with Gasteiger partial charge in [0, 0.05) is 0 Å². The van der Waals surface area contributed by atoms with Gasteiger partial charge in [0.05, 0.1) is 26.8 Å². The summed E-state index contributed by atoms with van der Waals surface area (Å²) in [6.07, 6.45) is 18.7. The largest absolute Gasteiger partial charge is 0.302 e. The highest BCUT2D eigenvalue weighted by Crippen LogP contribution is 2.12. The Hall–Kier alpha value is -1.08. The van der Waals surface area contributed by atoms with Crippen LogP contribution in [0.2, 0.25) is 0 Å². The molecule has 0 N–H and O–H groups in total. The van der Waals surface area contributed by atoms with Crippen LogP contribution in [0.5, 0.6) is 0 Å². The molecule has 1 rings (SSSR count). The monoisotopic (exact) mass is 316 g/mol. The smallest absolute Gasteiger partial charge is 0.0960 e. The minimum Gasteiger partial charge on any atom is -0.302 e. The van der Waals surface area contributed by atoms with E-state index in [0.717, 1.165) is 4.48 Å². The number of unbranched alkanes of at least 4 members (excludes halogenated alkanes) is 9. The van der Waals surface area contributed by atoms with E-state index in [1.165, 1.54) is 76.3 Å². The maximum atomic E-state index is 2.32. The van der Waals surface area contributed by atoms with E-state index in [9.17, 15) is 0 Å². The summed E-state index contributed by atoms with van der Waals surface area (Å²) in [6.45, 7) is 3.52. The van der Waals surface area contributed by atoms with E-state index in [1.54, 1.807) is 0 Å². The second-order valence-electron chi connectivity index (χ2n) is 7.41.